The van der Waals surface area contributed by atoms with E-state index in [4.69, 9.17) is 0 Å². The molecule has 0 saturated carbocycles. The molecule has 2 rings (SSSR count). The van der Waals surface area contributed by atoms with E-state index in [1.165, 1.54) is 0 Å². The number of rotatable bonds is 6. The summed E-state index contributed by atoms with van der Waals surface area (Å²) in [5.74, 6) is 0.0600. The Hall–Kier alpha value is -2.29. The Kier molecular flexibility index (Phi) is 5.18. The molecule has 2 aromatic rings. The van der Waals surface area contributed by atoms with Crippen LogP contribution < -0.4 is 10.6 Å². The number of benzene rings is 2. The molecule has 0 aliphatic rings. The predicted octanol–water partition coefficient (Wildman–Crippen LogP) is 3.37. The first-order valence-corrected chi connectivity index (χ1v) is 6.89. The molecule has 1 amide bonds. The summed E-state index contributed by atoms with van der Waals surface area (Å²) in [5, 5.41) is 6.23. The molecule has 2 N–H and O–H groups in total. The summed E-state index contributed by atoms with van der Waals surface area (Å²) in [4.78, 5) is 11.9. The van der Waals surface area contributed by atoms with E-state index in [1.54, 1.807) is 0 Å². The molecule has 0 spiro atoms. The maximum Gasteiger partial charge on any atom is 0.222 e. The number of para-hydroxylation sites is 1. The summed E-state index contributed by atoms with van der Waals surface area (Å²) < 4.78 is 0. The fourth-order valence-corrected chi connectivity index (χ4v) is 2.02. The minimum atomic E-state index is 0.0421. The van der Waals surface area contributed by atoms with Gasteiger partial charge in [0, 0.05) is 18.7 Å². The van der Waals surface area contributed by atoms with E-state index >= 15 is 0 Å². The summed E-state index contributed by atoms with van der Waals surface area (Å²) >= 11 is 0. The fraction of sp³-hybridized carbons (Fsp3) is 0.235. The van der Waals surface area contributed by atoms with Crippen molar-refractivity contribution in [2.24, 2.45) is 0 Å². The van der Waals surface area contributed by atoms with Crippen LogP contribution in [0, 0.1) is 0 Å². The Balaban J connectivity index is 1.73. The zero-order valence-corrected chi connectivity index (χ0v) is 11.7. The van der Waals surface area contributed by atoms with Crippen molar-refractivity contribution in [3.8, 4) is 0 Å². The highest BCUT2D eigenvalue weighted by atomic mass is 16.1. The van der Waals surface area contributed by atoms with Crippen molar-refractivity contribution in [1.82, 2.24) is 5.32 Å². The van der Waals surface area contributed by atoms with Crippen molar-refractivity contribution in [2.75, 3.05) is 11.9 Å². The standard InChI is InChI=1S/C17H20N2O/c1-14(15-8-4-2-5-9-15)19-17(20)12-13-18-16-10-6-3-7-11-16/h2-11,14,18H,12-13H2,1H3,(H,19,20). The van der Waals surface area contributed by atoms with Crippen molar-refractivity contribution in [1.29, 1.82) is 0 Å². The minimum absolute atomic E-state index is 0.0421. The zero-order valence-electron chi connectivity index (χ0n) is 11.7. The van der Waals surface area contributed by atoms with E-state index in [0.717, 1.165) is 11.3 Å². The van der Waals surface area contributed by atoms with Crippen LogP contribution in [0.3, 0.4) is 0 Å². The summed E-state index contributed by atoms with van der Waals surface area (Å²) in [7, 11) is 0. The number of hydrogen-bond donors (Lipinski definition) is 2. The van der Waals surface area contributed by atoms with Crippen molar-refractivity contribution in [3.63, 3.8) is 0 Å². The SMILES string of the molecule is CC(NC(=O)CCNc1ccccc1)c1ccccc1. The second-order valence-electron chi connectivity index (χ2n) is 4.74. The molecule has 0 aromatic heterocycles. The Morgan fingerprint density at radius 3 is 2.25 bits per heavy atom. The van der Waals surface area contributed by atoms with Gasteiger partial charge in [0.15, 0.2) is 0 Å². The van der Waals surface area contributed by atoms with Gasteiger partial charge in [0.1, 0.15) is 0 Å². The first kappa shape index (κ1) is 14.1. The lowest BCUT2D eigenvalue weighted by atomic mass is 10.1. The molecule has 0 aliphatic heterocycles. The number of carbonyl (C=O) groups is 1. The Labute approximate surface area is 120 Å². The maximum atomic E-state index is 11.9. The van der Waals surface area contributed by atoms with E-state index in [0.29, 0.717) is 13.0 Å². The average Bonchev–Trinajstić information content (AvgIpc) is 2.49. The maximum absolute atomic E-state index is 11.9. The van der Waals surface area contributed by atoms with Gasteiger partial charge >= 0.3 is 0 Å². The number of hydrogen-bond acceptors (Lipinski definition) is 2. The van der Waals surface area contributed by atoms with E-state index in [1.807, 2.05) is 67.6 Å². The lowest BCUT2D eigenvalue weighted by Gasteiger charge is -2.14. The number of nitrogens with one attached hydrogen (secondary N) is 2. The zero-order chi connectivity index (χ0) is 14.2. The monoisotopic (exact) mass is 268 g/mol. The molecule has 0 radical (unpaired) electrons. The summed E-state index contributed by atoms with van der Waals surface area (Å²) in [5.41, 5.74) is 2.16. The Morgan fingerprint density at radius 1 is 1.00 bits per heavy atom. The molecule has 0 bridgehead atoms. The van der Waals surface area contributed by atoms with Gasteiger partial charge in [-0.15, -0.1) is 0 Å². The summed E-state index contributed by atoms with van der Waals surface area (Å²) in [6, 6.07) is 19.9. The van der Waals surface area contributed by atoms with Crippen molar-refractivity contribution < 1.29 is 4.79 Å². The number of anilines is 1. The molecule has 104 valence electrons. The predicted molar refractivity (Wildman–Crippen MR) is 82.5 cm³/mol. The van der Waals surface area contributed by atoms with Gasteiger partial charge < -0.3 is 10.6 Å². The quantitative estimate of drug-likeness (QED) is 0.843. The van der Waals surface area contributed by atoms with Crippen LogP contribution in [-0.2, 0) is 4.79 Å². The van der Waals surface area contributed by atoms with Crippen LogP contribution in [0.15, 0.2) is 60.7 Å². The third-order valence-electron chi connectivity index (χ3n) is 3.13. The van der Waals surface area contributed by atoms with E-state index < -0.39 is 0 Å². The molecule has 1 unspecified atom stereocenters. The summed E-state index contributed by atoms with van der Waals surface area (Å²) in [6.07, 6.45) is 0.464. The lowest BCUT2D eigenvalue weighted by Crippen LogP contribution is -2.28. The van der Waals surface area contributed by atoms with Crippen LogP contribution >= 0.6 is 0 Å². The molecule has 2 aromatic carbocycles. The number of amides is 1. The first-order chi connectivity index (χ1) is 9.75. The van der Waals surface area contributed by atoms with Gasteiger partial charge in [0.25, 0.3) is 0 Å². The molecule has 3 nitrogen and oxygen atoms in total. The topological polar surface area (TPSA) is 41.1 Å². The third kappa shape index (κ3) is 4.43. The summed E-state index contributed by atoms with van der Waals surface area (Å²) in [6.45, 7) is 2.63. The largest absolute Gasteiger partial charge is 0.385 e. The van der Waals surface area contributed by atoms with Crippen molar-refractivity contribution >= 4 is 11.6 Å². The van der Waals surface area contributed by atoms with Gasteiger partial charge in [-0.1, -0.05) is 48.5 Å². The van der Waals surface area contributed by atoms with Crippen LogP contribution in [0.4, 0.5) is 5.69 Å². The second-order valence-corrected chi connectivity index (χ2v) is 4.74. The van der Waals surface area contributed by atoms with Crippen LogP contribution in [0.25, 0.3) is 0 Å². The van der Waals surface area contributed by atoms with E-state index in [-0.39, 0.29) is 11.9 Å². The van der Waals surface area contributed by atoms with Crippen molar-refractivity contribution in [3.05, 3.63) is 66.2 Å². The molecular weight excluding hydrogens is 248 g/mol. The van der Waals surface area contributed by atoms with Gasteiger partial charge in [0.05, 0.1) is 6.04 Å². The molecule has 0 heterocycles. The number of carbonyl (C=O) groups excluding carboxylic acids is 1. The first-order valence-electron chi connectivity index (χ1n) is 6.89. The second kappa shape index (κ2) is 7.34. The highest BCUT2D eigenvalue weighted by Crippen LogP contribution is 2.11. The van der Waals surface area contributed by atoms with Crippen LogP contribution in [0.1, 0.15) is 24.9 Å². The highest BCUT2D eigenvalue weighted by molar-refractivity contribution is 5.77. The molecule has 0 saturated heterocycles. The average molecular weight is 268 g/mol. The smallest absolute Gasteiger partial charge is 0.222 e. The van der Waals surface area contributed by atoms with E-state index in [2.05, 4.69) is 10.6 Å². The molecule has 20 heavy (non-hydrogen) atoms. The Bertz CT molecular complexity index is 525. The normalized spacial score (nSPS) is 11.7. The molecule has 0 aliphatic carbocycles. The van der Waals surface area contributed by atoms with Crippen molar-refractivity contribution in [2.45, 2.75) is 19.4 Å². The van der Waals surface area contributed by atoms with Crippen LogP contribution in [0.2, 0.25) is 0 Å². The van der Waals surface area contributed by atoms with Gasteiger partial charge in [-0.2, -0.15) is 0 Å². The lowest BCUT2D eigenvalue weighted by molar-refractivity contribution is -0.121. The van der Waals surface area contributed by atoms with E-state index in [9.17, 15) is 4.79 Å². The third-order valence-corrected chi connectivity index (χ3v) is 3.13. The van der Waals surface area contributed by atoms with Crippen LogP contribution in [0.5, 0.6) is 0 Å². The molecular formula is C17H20N2O. The van der Waals surface area contributed by atoms with Crippen LogP contribution in [-0.4, -0.2) is 12.5 Å². The molecule has 3 heteroatoms. The van der Waals surface area contributed by atoms with Gasteiger partial charge in [-0.25, -0.2) is 0 Å². The Morgan fingerprint density at radius 2 is 1.60 bits per heavy atom. The molecule has 1 atom stereocenters. The molecule has 0 fully saturated rings. The van der Waals surface area contributed by atoms with Gasteiger partial charge in [-0.3, -0.25) is 4.79 Å². The fourth-order valence-electron chi connectivity index (χ4n) is 2.02. The minimum Gasteiger partial charge on any atom is -0.385 e. The van der Waals surface area contributed by atoms with Gasteiger partial charge in [-0.05, 0) is 24.6 Å². The van der Waals surface area contributed by atoms with Gasteiger partial charge in [0.2, 0.25) is 5.91 Å². The highest BCUT2D eigenvalue weighted by Gasteiger charge is 2.08.